The maximum Gasteiger partial charge on any atom is 0.237 e. The van der Waals surface area contributed by atoms with Gasteiger partial charge in [0.25, 0.3) is 0 Å². The van der Waals surface area contributed by atoms with Crippen molar-refractivity contribution < 1.29 is 14.3 Å². The molecule has 2 heterocycles. The van der Waals surface area contributed by atoms with Gasteiger partial charge in [-0.3, -0.25) is 4.79 Å². The Morgan fingerprint density at radius 1 is 1.42 bits per heavy atom. The van der Waals surface area contributed by atoms with E-state index in [1.54, 1.807) is 24.7 Å². The summed E-state index contributed by atoms with van der Waals surface area (Å²) in [6.45, 7) is 0. The Kier molecular flexibility index (Phi) is 6.46. The van der Waals surface area contributed by atoms with Crippen LogP contribution in [0.5, 0.6) is 0 Å². The molecule has 0 spiro atoms. The van der Waals surface area contributed by atoms with Crippen LogP contribution in [0.4, 0.5) is 0 Å². The van der Waals surface area contributed by atoms with Crippen LogP contribution in [0.25, 0.3) is 0 Å². The fourth-order valence-electron chi connectivity index (χ4n) is 3.72. The topological polar surface area (TPSA) is 117 Å². The number of amides is 1. The van der Waals surface area contributed by atoms with Crippen molar-refractivity contribution in [2.24, 2.45) is 11.7 Å². The maximum atomic E-state index is 12.6. The number of aliphatic hydroxyl groups excluding tert-OH is 1. The molecule has 1 fully saturated rings. The molecule has 26 heavy (non-hydrogen) atoms. The third-order valence-corrected chi connectivity index (χ3v) is 5.18. The zero-order valence-electron chi connectivity index (χ0n) is 14.9. The molecular formula is C19H28N4O3. The number of aromatic nitrogens is 2. The first-order chi connectivity index (χ1) is 12.6. The second-order valence-corrected chi connectivity index (χ2v) is 7.19. The van der Waals surface area contributed by atoms with Crippen LogP contribution in [0, 0.1) is 5.92 Å². The van der Waals surface area contributed by atoms with Gasteiger partial charge in [0.15, 0.2) is 0 Å². The third-order valence-electron chi connectivity index (χ3n) is 5.18. The van der Waals surface area contributed by atoms with Crippen molar-refractivity contribution in [2.45, 2.75) is 63.1 Å². The number of aliphatic hydroxyl groups is 1. The monoisotopic (exact) mass is 360 g/mol. The highest BCUT2D eigenvalue weighted by Crippen LogP contribution is 2.31. The first-order valence-electron chi connectivity index (χ1n) is 9.38. The molecule has 2 aromatic rings. The van der Waals surface area contributed by atoms with Crippen LogP contribution in [-0.4, -0.2) is 33.1 Å². The Hall–Kier alpha value is -2.12. The average molecular weight is 360 g/mol. The number of carbonyl (C=O) groups excluding carboxylic acids is 1. The van der Waals surface area contributed by atoms with Crippen LogP contribution in [0.3, 0.4) is 0 Å². The number of H-pyrrole nitrogens is 1. The van der Waals surface area contributed by atoms with E-state index in [9.17, 15) is 9.90 Å². The molecule has 3 atom stereocenters. The van der Waals surface area contributed by atoms with Gasteiger partial charge >= 0.3 is 0 Å². The molecule has 1 aliphatic carbocycles. The van der Waals surface area contributed by atoms with E-state index in [0.29, 0.717) is 18.1 Å². The van der Waals surface area contributed by atoms with E-state index in [4.69, 9.17) is 10.2 Å². The fourth-order valence-corrected chi connectivity index (χ4v) is 3.72. The normalized spacial score (nSPS) is 19.0. The van der Waals surface area contributed by atoms with Crippen molar-refractivity contribution in [3.63, 3.8) is 0 Å². The van der Waals surface area contributed by atoms with Gasteiger partial charge in [-0.1, -0.05) is 32.1 Å². The summed E-state index contributed by atoms with van der Waals surface area (Å²) in [6.07, 6.45) is 11.0. The third kappa shape index (κ3) is 4.95. The van der Waals surface area contributed by atoms with Gasteiger partial charge < -0.3 is 25.6 Å². The van der Waals surface area contributed by atoms with E-state index in [2.05, 4.69) is 15.3 Å². The van der Waals surface area contributed by atoms with Gasteiger partial charge in [-0.2, -0.15) is 0 Å². The first-order valence-corrected chi connectivity index (χ1v) is 9.38. The Labute approximate surface area is 153 Å². The number of imidazole rings is 1. The Morgan fingerprint density at radius 2 is 2.23 bits per heavy atom. The average Bonchev–Trinajstić information content (AvgIpc) is 3.35. The summed E-state index contributed by atoms with van der Waals surface area (Å²) in [5.41, 5.74) is 6.78. The number of hydrogen-bond donors (Lipinski definition) is 4. The molecule has 0 saturated heterocycles. The molecule has 142 valence electrons. The largest absolute Gasteiger partial charge is 0.467 e. The Bertz CT molecular complexity index is 650. The molecule has 0 bridgehead atoms. The summed E-state index contributed by atoms with van der Waals surface area (Å²) in [5, 5.41) is 13.7. The quantitative estimate of drug-likeness (QED) is 0.575. The number of carbonyl (C=O) groups is 1. The smallest absolute Gasteiger partial charge is 0.237 e. The molecular weight excluding hydrogens is 332 g/mol. The van der Waals surface area contributed by atoms with Gasteiger partial charge in [0, 0.05) is 12.6 Å². The molecule has 0 unspecified atom stereocenters. The van der Waals surface area contributed by atoms with Gasteiger partial charge in [0.05, 0.1) is 30.4 Å². The molecule has 5 N–H and O–H groups in total. The van der Waals surface area contributed by atoms with Crippen LogP contribution < -0.4 is 11.1 Å². The molecule has 0 radical (unpaired) electrons. The predicted molar refractivity (Wildman–Crippen MR) is 97.1 cm³/mol. The van der Waals surface area contributed by atoms with E-state index in [0.717, 1.165) is 25.0 Å². The number of nitrogens with one attached hydrogen (secondary N) is 2. The lowest BCUT2D eigenvalue weighted by atomic mass is 9.83. The molecule has 0 aromatic carbocycles. The van der Waals surface area contributed by atoms with E-state index in [-0.39, 0.29) is 5.91 Å². The minimum absolute atomic E-state index is 0.278. The Morgan fingerprint density at radius 3 is 2.88 bits per heavy atom. The number of aromatic amines is 1. The summed E-state index contributed by atoms with van der Waals surface area (Å²) >= 11 is 0. The number of nitrogens with two attached hydrogens (primary N) is 1. The highest BCUT2D eigenvalue weighted by atomic mass is 16.4. The summed E-state index contributed by atoms with van der Waals surface area (Å²) < 4.78 is 5.35. The highest BCUT2D eigenvalue weighted by Gasteiger charge is 2.30. The molecule has 2 aromatic heterocycles. The van der Waals surface area contributed by atoms with E-state index in [1.807, 2.05) is 0 Å². The van der Waals surface area contributed by atoms with Crippen LogP contribution >= 0.6 is 0 Å². The van der Waals surface area contributed by atoms with Crippen molar-refractivity contribution in [3.05, 3.63) is 42.4 Å². The van der Waals surface area contributed by atoms with Crippen molar-refractivity contribution in [1.82, 2.24) is 15.3 Å². The molecule has 1 aliphatic rings. The van der Waals surface area contributed by atoms with Gasteiger partial charge in [0.2, 0.25) is 5.91 Å². The first kappa shape index (κ1) is 18.7. The summed E-state index contributed by atoms with van der Waals surface area (Å²) in [7, 11) is 0. The zero-order chi connectivity index (χ0) is 18.4. The highest BCUT2D eigenvalue weighted by molar-refractivity contribution is 5.82. The van der Waals surface area contributed by atoms with Crippen molar-refractivity contribution in [1.29, 1.82) is 0 Å². The van der Waals surface area contributed by atoms with Crippen LogP contribution in [-0.2, 0) is 11.2 Å². The van der Waals surface area contributed by atoms with Crippen molar-refractivity contribution >= 4 is 5.91 Å². The van der Waals surface area contributed by atoms with E-state index >= 15 is 0 Å². The number of nitrogens with zero attached hydrogens (tertiary/aromatic N) is 1. The molecule has 7 nitrogen and oxygen atoms in total. The van der Waals surface area contributed by atoms with Gasteiger partial charge in [0.1, 0.15) is 11.9 Å². The summed E-state index contributed by atoms with van der Waals surface area (Å²) in [6, 6.07) is 2.34. The molecule has 1 saturated carbocycles. The molecule has 3 rings (SSSR count). The van der Waals surface area contributed by atoms with E-state index < -0.39 is 18.2 Å². The standard InChI is InChI=1S/C19H28N4O3/c20-15(10-14-11-21-12-22-14)19(25)23-16(9-13-5-2-1-3-6-13)18(24)17-7-4-8-26-17/h4,7-8,11-13,15-16,18,24H,1-3,5-6,9-10,20H2,(H,21,22)(H,23,25)/t15-,16+,18-/m0/s1. The number of furan rings is 1. The maximum absolute atomic E-state index is 12.6. The lowest BCUT2D eigenvalue weighted by Crippen LogP contribution is -2.49. The van der Waals surface area contributed by atoms with Gasteiger partial charge in [-0.15, -0.1) is 0 Å². The van der Waals surface area contributed by atoms with Crippen LogP contribution in [0.1, 0.15) is 56.1 Å². The minimum atomic E-state index is -0.881. The summed E-state index contributed by atoms with van der Waals surface area (Å²) in [5.74, 6) is 0.688. The van der Waals surface area contributed by atoms with Crippen LogP contribution in [0.15, 0.2) is 35.3 Å². The number of hydrogen-bond acceptors (Lipinski definition) is 5. The second-order valence-electron chi connectivity index (χ2n) is 7.19. The molecule has 0 aliphatic heterocycles. The Balaban J connectivity index is 1.64. The van der Waals surface area contributed by atoms with Gasteiger partial charge in [-0.25, -0.2) is 4.98 Å². The lowest BCUT2D eigenvalue weighted by molar-refractivity contribution is -0.124. The lowest BCUT2D eigenvalue weighted by Gasteiger charge is -2.30. The second kappa shape index (κ2) is 9.00. The van der Waals surface area contributed by atoms with E-state index in [1.165, 1.54) is 25.5 Å². The van der Waals surface area contributed by atoms with Gasteiger partial charge in [-0.05, 0) is 24.5 Å². The van der Waals surface area contributed by atoms with Crippen molar-refractivity contribution in [3.8, 4) is 0 Å². The molecule has 7 heteroatoms. The number of rotatable bonds is 8. The summed E-state index contributed by atoms with van der Waals surface area (Å²) in [4.78, 5) is 19.5. The zero-order valence-corrected chi connectivity index (χ0v) is 14.9. The fraction of sp³-hybridized carbons (Fsp3) is 0.579. The predicted octanol–water partition coefficient (Wildman–Crippen LogP) is 2.06. The van der Waals surface area contributed by atoms with Crippen molar-refractivity contribution in [2.75, 3.05) is 0 Å². The van der Waals surface area contributed by atoms with Crippen LogP contribution in [0.2, 0.25) is 0 Å². The SMILES string of the molecule is N[C@@H](Cc1c[nH]cn1)C(=O)N[C@H](CC1CCCCC1)[C@H](O)c1ccco1. The molecule has 1 amide bonds. The minimum Gasteiger partial charge on any atom is -0.467 e.